The van der Waals surface area contributed by atoms with Gasteiger partial charge < -0.3 is 10.6 Å². The van der Waals surface area contributed by atoms with E-state index in [0.29, 0.717) is 38.9 Å². The molecule has 0 bridgehead atoms. The molecule has 1 aliphatic heterocycles. The average Bonchev–Trinajstić information content (AvgIpc) is 2.26. The van der Waals surface area contributed by atoms with Crippen molar-refractivity contribution in [1.82, 2.24) is 14.9 Å². The number of amides is 1. The van der Waals surface area contributed by atoms with Gasteiger partial charge in [-0.15, -0.1) is 0 Å². The second kappa shape index (κ2) is 6.87. The minimum absolute atomic E-state index is 0.0150. The molecule has 118 valence electrons. The summed E-state index contributed by atoms with van der Waals surface area (Å²) < 4.78 is 24.2. The molecule has 1 saturated heterocycles. The van der Waals surface area contributed by atoms with Crippen LogP contribution in [-0.4, -0.2) is 56.1 Å². The summed E-state index contributed by atoms with van der Waals surface area (Å²) in [7, 11) is -3.10. The molecule has 2 N–H and O–H groups in total. The normalized spacial score (nSPS) is 19.0. The molecule has 7 heteroatoms. The lowest BCUT2D eigenvalue weighted by molar-refractivity contribution is -0.121. The molecule has 1 amide bonds. The fourth-order valence-electron chi connectivity index (χ4n) is 2.18. The number of hydrogen-bond acceptors (Lipinski definition) is 4. The zero-order valence-corrected chi connectivity index (χ0v) is 13.7. The van der Waals surface area contributed by atoms with Crippen LogP contribution in [0.1, 0.15) is 40.0 Å². The van der Waals surface area contributed by atoms with Crippen molar-refractivity contribution >= 4 is 15.9 Å². The van der Waals surface area contributed by atoms with Gasteiger partial charge in [-0.25, -0.2) is 12.7 Å². The van der Waals surface area contributed by atoms with E-state index >= 15 is 0 Å². The van der Waals surface area contributed by atoms with E-state index < -0.39 is 10.0 Å². The third-order valence-corrected chi connectivity index (χ3v) is 4.60. The monoisotopic (exact) mass is 305 g/mol. The predicted octanol–water partition coefficient (Wildman–Crippen LogP) is 0.305. The number of nitrogens with zero attached hydrogens (tertiary/aromatic N) is 1. The summed E-state index contributed by atoms with van der Waals surface area (Å²) in [6.07, 6.45) is 3.05. The first-order valence-electron chi connectivity index (χ1n) is 7.07. The molecule has 1 fully saturated rings. The van der Waals surface area contributed by atoms with Gasteiger partial charge in [0.2, 0.25) is 15.9 Å². The first kappa shape index (κ1) is 17.4. The Kier molecular flexibility index (Phi) is 5.97. The molecule has 0 saturated carbocycles. The Bertz CT molecular complexity index is 421. The first-order valence-corrected chi connectivity index (χ1v) is 8.92. The van der Waals surface area contributed by atoms with Crippen molar-refractivity contribution in [3.8, 4) is 0 Å². The van der Waals surface area contributed by atoms with Gasteiger partial charge in [0.1, 0.15) is 0 Å². The van der Waals surface area contributed by atoms with E-state index in [-0.39, 0.29) is 17.5 Å². The Morgan fingerprint density at radius 2 is 1.80 bits per heavy atom. The summed E-state index contributed by atoms with van der Waals surface area (Å²) >= 11 is 0. The fourth-order valence-corrected chi connectivity index (χ4v) is 3.06. The van der Waals surface area contributed by atoms with E-state index in [0.717, 1.165) is 0 Å². The van der Waals surface area contributed by atoms with Crippen molar-refractivity contribution in [3.05, 3.63) is 0 Å². The molecule has 0 spiro atoms. The van der Waals surface area contributed by atoms with Gasteiger partial charge in [-0.1, -0.05) is 0 Å². The molecular formula is C13H27N3O3S. The van der Waals surface area contributed by atoms with Crippen molar-refractivity contribution in [2.45, 2.75) is 51.6 Å². The minimum Gasteiger partial charge on any atom is -0.353 e. The molecule has 6 nitrogen and oxygen atoms in total. The zero-order chi connectivity index (χ0) is 15.4. The van der Waals surface area contributed by atoms with Crippen LogP contribution in [0, 0.1) is 0 Å². The molecule has 1 rings (SSSR count). The molecule has 0 atom stereocenters. The Labute approximate surface area is 122 Å². The number of sulfonamides is 1. The van der Waals surface area contributed by atoms with Gasteiger partial charge in [0, 0.05) is 37.6 Å². The number of carbonyl (C=O) groups excluding carboxylic acids is 1. The van der Waals surface area contributed by atoms with E-state index in [9.17, 15) is 13.2 Å². The van der Waals surface area contributed by atoms with Crippen molar-refractivity contribution in [3.63, 3.8) is 0 Å². The van der Waals surface area contributed by atoms with Crippen LogP contribution < -0.4 is 10.6 Å². The summed E-state index contributed by atoms with van der Waals surface area (Å²) in [6, 6.07) is 0.0927. The van der Waals surface area contributed by atoms with E-state index in [1.54, 1.807) is 0 Å². The molecule has 0 unspecified atom stereocenters. The molecule has 0 aromatic carbocycles. The second-order valence-corrected chi connectivity index (χ2v) is 8.41. The van der Waals surface area contributed by atoms with Gasteiger partial charge in [0.25, 0.3) is 0 Å². The molecular weight excluding hydrogens is 278 g/mol. The maximum Gasteiger partial charge on any atom is 0.221 e. The van der Waals surface area contributed by atoms with Crippen molar-refractivity contribution in [1.29, 1.82) is 0 Å². The topological polar surface area (TPSA) is 78.5 Å². The second-order valence-electron chi connectivity index (χ2n) is 6.43. The van der Waals surface area contributed by atoms with Crippen LogP contribution in [0.3, 0.4) is 0 Å². The Morgan fingerprint density at radius 3 is 2.25 bits per heavy atom. The van der Waals surface area contributed by atoms with Gasteiger partial charge in [-0.05, 0) is 33.6 Å². The highest BCUT2D eigenvalue weighted by Gasteiger charge is 2.25. The zero-order valence-electron chi connectivity index (χ0n) is 12.9. The van der Waals surface area contributed by atoms with Crippen molar-refractivity contribution in [2.75, 3.05) is 25.9 Å². The molecule has 0 aromatic rings. The number of carbonyl (C=O) groups is 1. The minimum atomic E-state index is -3.10. The summed E-state index contributed by atoms with van der Waals surface area (Å²) in [5, 5.41) is 6.25. The van der Waals surface area contributed by atoms with Gasteiger partial charge in [0.05, 0.1) is 6.26 Å². The predicted molar refractivity (Wildman–Crippen MR) is 80.0 cm³/mol. The van der Waals surface area contributed by atoms with Gasteiger partial charge >= 0.3 is 0 Å². The van der Waals surface area contributed by atoms with Gasteiger partial charge in [-0.2, -0.15) is 0 Å². The van der Waals surface area contributed by atoms with Crippen LogP contribution in [0.15, 0.2) is 0 Å². The average molecular weight is 305 g/mol. The largest absolute Gasteiger partial charge is 0.353 e. The highest BCUT2D eigenvalue weighted by atomic mass is 32.2. The third-order valence-electron chi connectivity index (χ3n) is 3.30. The molecule has 0 aromatic heterocycles. The van der Waals surface area contributed by atoms with Crippen LogP contribution in [-0.2, 0) is 14.8 Å². The summed E-state index contributed by atoms with van der Waals surface area (Å²) in [5.41, 5.74) is 0.0150. The van der Waals surface area contributed by atoms with Crippen LogP contribution in [0.5, 0.6) is 0 Å². The highest BCUT2D eigenvalue weighted by molar-refractivity contribution is 7.88. The standard InChI is InChI=1S/C13H27N3O3S/c1-13(2,3)14-8-5-12(17)15-11-6-9-16(10-7-11)20(4,18)19/h11,14H,5-10H2,1-4H3,(H,15,17). The lowest BCUT2D eigenvalue weighted by atomic mass is 10.1. The van der Waals surface area contributed by atoms with Crippen LogP contribution >= 0.6 is 0 Å². The number of hydrogen-bond donors (Lipinski definition) is 2. The Balaban J connectivity index is 2.25. The fraction of sp³-hybridized carbons (Fsp3) is 0.923. The SMILES string of the molecule is CC(C)(C)NCCC(=O)NC1CCN(S(C)(=O)=O)CC1. The quantitative estimate of drug-likeness (QED) is 0.766. The van der Waals surface area contributed by atoms with E-state index in [4.69, 9.17) is 0 Å². The first-order chi connectivity index (χ1) is 9.08. The van der Waals surface area contributed by atoms with Gasteiger partial charge in [0.15, 0.2) is 0 Å². The lowest BCUT2D eigenvalue weighted by Gasteiger charge is -2.30. The summed E-state index contributed by atoms with van der Waals surface area (Å²) in [6.45, 7) is 7.81. The van der Waals surface area contributed by atoms with E-state index in [1.807, 2.05) is 0 Å². The van der Waals surface area contributed by atoms with Crippen LogP contribution in [0.4, 0.5) is 0 Å². The Hall–Kier alpha value is -0.660. The van der Waals surface area contributed by atoms with Gasteiger partial charge in [-0.3, -0.25) is 4.79 Å². The van der Waals surface area contributed by atoms with E-state index in [1.165, 1.54) is 10.6 Å². The van der Waals surface area contributed by atoms with Crippen LogP contribution in [0.25, 0.3) is 0 Å². The maximum absolute atomic E-state index is 11.8. The molecule has 0 aliphatic carbocycles. The molecule has 1 heterocycles. The van der Waals surface area contributed by atoms with Crippen LogP contribution in [0.2, 0.25) is 0 Å². The third kappa shape index (κ3) is 6.67. The van der Waals surface area contributed by atoms with Crippen molar-refractivity contribution in [2.24, 2.45) is 0 Å². The molecule has 20 heavy (non-hydrogen) atoms. The Morgan fingerprint density at radius 1 is 1.25 bits per heavy atom. The van der Waals surface area contributed by atoms with E-state index in [2.05, 4.69) is 31.4 Å². The maximum atomic E-state index is 11.8. The number of nitrogens with one attached hydrogen (secondary N) is 2. The molecule has 0 radical (unpaired) electrons. The molecule has 1 aliphatic rings. The smallest absolute Gasteiger partial charge is 0.221 e. The summed E-state index contributed by atoms with van der Waals surface area (Å²) in [5.74, 6) is 0.0274. The lowest BCUT2D eigenvalue weighted by Crippen LogP contribution is -2.47. The number of rotatable bonds is 5. The summed E-state index contributed by atoms with van der Waals surface area (Å²) in [4.78, 5) is 11.8. The number of piperidine rings is 1. The highest BCUT2D eigenvalue weighted by Crippen LogP contribution is 2.13. The van der Waals surface area contributed by atoms with Crippen molar-refractivity contribution < 1.29 is 13.2 Å².